The second kappa shape index (κ2) is 8.24. The van der Waals surface area contributed by atoms with Gasteiger partial charge in [-0.15, -0.1) is 0 Å². The molecule has 2 aromatic carbocycles. The van der Waals surface area contributed by atoms with Crippen LogP contribution in [0.1, 0.15) is 52.4 Å². The summed E-state index contributed by atoms with van der Waals surface area (Å²) in [5, 5.41) is 10.9. The van der Waals surface area contributed by atoms with E-state index in [2.05, 4.69) is 15.7 Å². The number of aryl methyl sites for hydroxylation is 2. The van der Waals surface area contributed by atoms with Crippen LogP contribution in [0.25, 0.3) is 0 Å². The van der Waals surface area contributed by atoms with Gasteiger partial charge < -0.3 is 15.4 Å². The van der Waals surface area contributed by atoms with Gasteiger partial charge in [0.1, 0.15) is 23.2 Å². The number of carbonyl (C=O) groups is 2. The smallest absolute Gasteiger partial charge is 0.261 e. The molecule has 1 aromatic heterocycles. The van der Waals surface area contributed by atoms with E-state index in [1.165, 1.54) is 5.56 Å². The SMILES string of the molecule is COc1ccc([C@@H]2C3=C(CCCC3=O)Nc3c(C(=O)Nc4ccc(C)c(C)c4)cnn32)cc1. The molecular weight excluding hydrogens is 416 g/mol. The van der Waals surface area contributed by atoms with E-state index < -0.39 is 6.04 Å². The Labute approximate surface area is 192 Å². The van der Waals surface area contributed by atoms with Crippen molar-refractivity contribution in [2.24, 2.45) is 0 Å². The predicted octanol–water partition coefficient (Wildman–Crippen LogP) is 4.78. The number of nitrogens with zero attached hydrogens (tertiary/aromatic N) is 2. The Bertz CT molecular complexity index is 1290. The minimum atomic E-state index is -0.391. The lowest BCUT2D eigenvalue weighted by molar-refractivity contribution is -0.116. The third-order valence-corrected chi connectivity index (χ3v) is 6.48. The molecule has 0 unspecified atom stereocenters. The van der Waals surface area contributed by atoms with Crippen molar-refractivity contribution in [3.8, 4) is 5.75 Å². The second-order valence-electron chi connectivity index (χ2n) is 8.57. The minimum Gasteiger partial charge on any atom is -0.497 e. The van der Waals surface area contributed by atoms with E-state index in [1.54, 1.807) is 18.0 Å². The number of methoxy groups -OCH3 is 1. The van der Waals surface area contributed by atoms with Crippen molar-refractivity contribution in [2.75, 3.05) is 17.7 Å². The Kier molecular flexibility index (Phi) is 5.24. The van der Waals surface area contributed by atoms with Crippen LogP contribution >= 0.6 is 0 Å². The van der Waals surface area contributed by atoms with Gasteiger partial charge in [-0.25, -0.2) is 4.68 Å². The van der Waals surface area contributed by atoms with Gasteiger partial charge in [0.2, 0.25) is 0 Å². The van der Waals surface area contributed by atoms with Crippen LogP contribution in [0.3, 0.4) is 0 Å². The number of aromatic nitrogens is 2. The average molecular weight is 443 g/mol. The molecule has 0 fully saturated rings. The Morgan fingerprint density at radius 1 is 1.12 bits per heavy atom. The number of fused-ring (bicyclic) bond motifs is 1. The second-order valence-corrected chi connectivity index (χ2v) is 8.57. The van der Waals surface area contributed by atoms with Crippen molar-refractivity contribution in [3.63, 3.8) is 0 Å². The lowest BCUT2D eigenvalue weighted by Crippen LogP contribution is -2.32. The van der Waals surface area contributed by atoms with Crippen molar-refractivity contribution < 1.29 is 14.3 Å². The molecule has 1 aliphatic carbocycles. The van der Waals surface area contributed by atoms with E-state index in [1.807, 2.05) is 56.3 Å². The average Bonchev–Trinajstić information content (AvgIpc) is 3.24. The number of carbonyl (C=O) groups excluding carboxylic acids is 2. The highest BCUT2D eigenvalue weighted by Crippen LogP contribution is 2.41. The predicted molar refractivity (Wildman–Crippen MR) is 127 cm³/mol. The fourth-order valence-corrected chi connectivity index (χ4v) is 4.54. The Hall–Kier alpha value is -3.87. The number of amides is 1. The molecule has 2 aliphatic rings. The first kappa shape index (κ1) is 21.0. The summed E-state index contributed by atoms with van der Waals surface area (Å²) in [5.74, 6) is 1.22. The molecule has 1 atom stereocenters. The highest BCUT2D eigenvalue weighted by atomic mass is 16.5. The number of Topliss-reactive ketones (excluding diaryl/α,β-unsaturated/α-hetero) is 1. The molecule has 0 saturated heterocycles. The summed E-state index contributed by atoms with van der Waals surface area (Å²) >= 11 is 0. The first-order chi connectivity index (χ1) is 16.0. The van der Waals surface area contributed by atoms with Crippen molar-refractivity contribution in [1.82, 2.24) is 9.78 Å². The fraction of sp³-hybridized carbons (Fsp3) is 0.269. The van der Waals surface area contributed by atoms with Gasteiger partial charge in [0.25, 0.3) is 5.91 Å². The quantitative estimate of drug-likeness (QED) is 0.607. The fourth-order valence-electron chi connectivity index (χ4n) is 4.54. The van der Waals surface area contributed by atoms with Crippen LogP contribution in [0.2, 0.25) is 0 Å². The van der Waals surface area contributed by atoms with E-state index in [4.69, 9.17) is 4.74 Å². The van der Waals surface area contributed by atoms with Crippen molar-refractivity contribution in [1.29, 1.82) is 0 Å². The summed E-state index contributed by atoms with van der Waals surface area (Å²) in [6, 6.07) is 13.1. The molecule has 5 rings (SSSR count). The third kappa shape index (κ3) is 3.69. The standard InChI is InChI=1S/C26H26N4O3/c1-15-7-10-18(13-16(15)2)28-26(32)20-14-27-30-24(17-8-11-19(33-3)12-9-17)23-21(29-25(20)30)5-4-6-22(23)31/h7-14,24,29H,4-6H2,1-3H3,(H,28,32)/t24-/m1/s1. The lowest BCUT2D eigenvalue weighted by atomic mass is 9.85. The Morgan fingerprint density at radius 2 is 1.91 bits per heavy atom. The molecule has 0 saturated carbocycles. The van der Waals surface area contributed by atoms with Crippen molar-refractivity contribution >= 4 is 23.2 Å². The number of benzene rings is 2. The number of nitrogens with one attached hydrogen (secondary N) is 2. The molecule has 0 spiro atoms. The van der Waals surface area contributed by atoms with E-state index in [-0.39, 0.29) is 11.7 Å². The molecule has 2 N–H and O–H groups in total. The number of allylic oxidation sites excluding steroid dienone is 2. The highest BCUT2D eigenvalue weighted by Gasteiger charge is 2.37. The van der Waals surface area contributed by atoms with Crippen molar-refractivity contribution in [3.05, 3.63) is 82.2 Å². The molecule has 33 heavy (non-hydrogen) atoms. The van der Waals surface area contributed by atoms with Crippen LogP contribution < -0.4 is 15.4 Å². The van der Waals surface area contributed by atoms with Gasteiger partial charge in [0, 0.05) is 23.4 Å². The first-order valence-corrected chi connectivity index (χ1v) is 11.1. The van der Waals surface area contributed by atoms with Gasteiger partial charge in [0.05, 0.1) is 13.3 Å². The number of hydrogen-bond donors (Lipinski definition) is 2. The van der Waals surface area contributed by atoms with E-state index in [0.717, 1.165) is 46.7 Å². The number of rotatable bonds is 4. The zero-order valence-corrected chi connectivity index (χ0v) is 18.9. The maximum atomic E-state index is 13.2. The zero-order chi connectivity index (χ0) is 23.1. The molecule has 1 amide bonds. The van der Waals surface area contributed by atoms with Crippen LogP contribution in [0.15, 0.2) is 59.9 Å². The number of ketones is 1. The molecule has 2 heterocycles. The Morgan fingerprint density at radius 3 is 2.64 bits per heavy atom. The van der Waals surface area contributed by atoms with Crippen LogP contribution in [-0.2, 0) is 4.79 Å². The summed E-state index contributed by atoms with van der Waals surface area (Å²) in [7, 11) is 1.62. The summed E-state index contributed by atoms with van der Waals surface area (Å²) < 4.78 is 7.04. The van der Waals surface area contributed by atoms with E-state index in [0.29, 0.717) is 17.8 Å². The maximum Gasteiger partial charge on any atom is 0.261 e. The number of anilines is 2. The zero-order valence-electron chi connectivity index (χ0n) is 18.9. The van der Waals surface area contributed by atoms with Gasteiger partial charge in [-0.1, -0.05) is 18.2 Å². The van der Waals surface area contributed by atoms with Crippen molar-refractivity contribution in [2.45, 2.75) is 39.2 Å². The third-order valence-electron chi connectivity index (χ3n) is 6.48. The molecule has 0 bridgehead atoms. The topological polar surface area (TPSA) is 85.2 Å². The van der Waals surface area contributed by atoms with Crippen LogP contribution in [0.5, 0.6) is 5.75 Å². The molecule has 3 aromatic rings. The summed E-state index contributed by atoms with van der Waals surface area (Å²) in [6.45, 7) is 4.05. The lowest BCUT2D eigenvalue weighted by Gasteiger charge is -2.33. The van der Waals surface area contributed by atoms with Gasteiger partial charge in [0.15, 0.2) is 5.78 Å². The normalized spacial score (nSPS) is 17.2. The first-order valence-electron chi connectivity index (χ1n) is 11.1. The number of hydrogen-bond acceptors (Lipinski definition) is 5. The molecule has 7 heteroatoms. The number of ether oxygens (including phenoxy) is 1. The van der Waals surface area contributed by atoms with Crippen LogP contribution in [0, 0.1) is 13.8 Å². The van der Waals surface area contributed by atoms with Gasteiger partial charge >= 0.3 is 0 Å². The van der Waals surface area contributed by atoms with Gasteiger partial charge in [-0.2, -0.15) is 5.10 Å². The largest absolute Gasteiger partial charge is 0.497 e. The minimum absolute atomic E-state index is 0.117. The summed E-state index contributed by atoms with van der Waals surface area (Å²) in [5.41, 5.74) is 5.97. The summed E-state index contributed by atoms with van der Waals surface area (Å²) in [6.07, 6.45) is 3.64. The van der Waals surface area contributed by atoms with Crippen LogP contribution in [-0.4, -0.2) is 28.6 Å². The van der Waals surface area contributed by atoms with E-state index in [9.17, 15) is 9.59 Å². The van der Waals surface area contributed by atoms with E-state index >= 15 is 0 Å². The highest BCUT2D eigenvalue weighted by molar-refractivity contribution is 6.08. The summed E-state index contributed by atoms with van der Waals surface area (Å²) in [4.78, 5) is 26.1. The molecule has 0 radical (unpaired) electrons. The molecular formula is C26H26N4O3. The Balaban J connectivity index is 1.55. The monoisotopic (exact) mass is 442 g/mol. The molecule has 168 valence electrons. The van der Waals surface area contributed by atoms with Crippen LogP contribution in [0.4, 0.5) is 11.5 Å². The maximum absolute atomic E-state index is 13.2. The molecule has 7 nitrogen and oxygen atoms in total. The van der Waals surface area contributed by atoms with Gasteiger partial charge in [-0.3, -0.25) is 9.59 Å². The van der Waals surface area contributed by atoms with Gasteiger partial charge in [-0.05, 0) is 67.6 Å². The molecule has 1 aliphatic heterocycles.